The van der Waals surface area contributed by atoms with Gasteiger partial charge in [-0.2, -0.15) is 0 Å². The van der Waals surface area contributed by atoms with Gasteiger partial charge in [-0.25, -0.2) is 0 Å². The minimum Gasteiger partial charge on any atom is -0.466 e. The van der Waals surface area contributed by atoms with Gasteiger partial charge in [0.1, 0.15) is 0 Å². The van der Waals surface area contributed by atoms with Gasteiger partial charge >= 0.3 is 5.97 Å². The molecule has 94 valence electrons. The van der Waals surface area contributed by atoms with Gasteiger partial charge in [-0.3, -0.25) is 4.79 Å². The number of carbonyl (C=O) groups excluding carboxylic acids is 1. The van der Waals surface area contributed by atoms with Crippen LogP contribution in [0, 0.1) is 0 Å². The number of rotatable bonds is 10. The number of ether oxygens (including phenoxy) is 2. The van der Waals surface area contributed by atoms with E-state index in [0.29, 0.717) is 13.0 Å². The molecule has 0 fully saturated rings. The van der Waals surface area contributed by atoms with Gasteiger partial charge in [0.15, 0.2) is 0 Å². The third kappa shape index (κ3) is 11.2. The molecule has 0 spiro atoms. The predicted molar refractivity (Wildman–Crippen MR) is 65.4 cm³/mol. The highest BCUT2D eigenvalue weighted by Crippen LogP contribution is 2.02. The summed E-state index contributed by atoms with van der Waals surface area (Å²) >= 11 is 0. The molecule has 0 aromatic rings. The molecular formula is C13H24O3. The first kappa shape index (κ1) is 15.2. The summed E-state index contributed by atoms with van der Waals surface area (Å²) in [6.45, 7) is 9.64. The Morgan fingerprint density at radius 1 is 1.12 bits per heavy atom. The summed E-state index contributed by atoms with van der Waals surface area (Å²) in [7, 11) is 0. The van der Waals surface area contributed by atoms with Crippen molar-refractivity contribution >= 4 is 5.97 Å². The summed E-state index contributed by atoms with van der Waals surface area (Å²) < 4.78 is 10.3. The molecule has 3 heteroatoms. The Balaban J connectivity index is 3.09. The lowest BCUT2D eigenvalue weighted by molar-refractivity contribution is -0.143. The zero-order valence-corrected chi connectivity index (χ0v) is 10.6. The molecule has 0 aliphatic heterocycles. The Hall–Kier alpha value is -0.830. The lowest BCUT2D eigenvalue weighted by Gasteiger charge is -2.04. The maximum atomic E-state index is 11.0. The van der Waals surface area contributed by atoms with Crippen LogP contribution in [0.15, 0.2) is 12.2 Å². The van der Waals surface area contributed by atoms with Gasteiger partial charge in [0.05, 0.1) is 13.2 Å². The van der Waals surface area contributed by atoms with E-state index in [4.69, 9.17) is 9.47 Å². The normalized spacial score (nSPS) is 10.1. The van der Waals surface area contributed by atoms with E-state index < -0.39 is 0 Å². The largest absolute Gasteiger partial charge is 0.466 e. The van der Waals surface area contributed by atoms with E-state index in [1.54, 1.807) is 0 Å². The SMILES string of the molecule is C=C(C)CCOCCCCCC(=O)OCC. The van der Waals surface area contributed by atoms with Crippen LogP contribution in [-0.2, 0) is 14.3 Å². The standard InChI is InChI=1S/C13H24O3/c1-4-16-13(14)8-6-5-7-10-15-11-9-12(2)3/h2,4-11H2,1,3H3. The number of hydrogen-bond acceptors (Lipinski definition) is 3. The second kappa shape index (κ2) is 10.7. The minimum atomic E-state index is -0.0919. The number of carbonyl (C=O) groups is 1. The van der Waals surface area contributed by atoms with Crippen LogP contribution in [0.2, 0.25) is 0 Å². The molecule has 0 saturated heterocycles. The first-order valence-electron chi connectivity index (χ1n) is 6.04. The van der Waals surface area contributed by atoms with Crippen LogP contribution >= 0.6 is 0 Å². The third-order valence-electron chi connectivity index (χ3n) is 2.15. The molecule has 0 radical (unpaired) electrons. The van der Waals surface area contributed by atoms with E-state index >= 15 is 0 Å². The van der Waals surface area contributed by atoms with Crippen LogP contribution in [0.25, 0.3) is 0 Å². The van der Waals surface area contributed by atoms with E-state index in [9.17, 15) is 4.79 Å². The Kier molecular flexibility index (Phi) is 10.1. The van der Waals surface area contributed by atoms with Crippen molar-refractivity contribution in [3.05, 3.63) is 12.2 Å². The molecule has 0 unspecified atom stereocenters. The molecular weight excluding hydrogens is 204 g/mol. The van der Waals surface area contributed by atoms with E-state index in [1.807, 2.05) is 13.8 Å². The second-order valence-corrected chi connectivity index (χ2v) is 3.94. The summed E-state index contributed by atoms with van der Waals surface area (Å²) in [4.78, 5) is 11.0. The van der Waals surface area contributed by atoms with Crippen molar-refractivity contribution in [1.29, 1.82) is 0 Å². The summed E-state index contributed by atoms with van der Waals surface area (Å²) in [5.74, 6) is -0.0919. The second-order valence-electron chi connectivity index (χ2n) is 3.94. The molecule has 0 N–H and O–H groups in total. The van der Waals surface area contributed by atoms with Crippen LogP contribution in [0.4, 0.5) is 0 Å². The summed E-state index contributed by atoms with van der Waals surface area (Å²) in [5.41, 5.74) is 1.15. The molecule has 3 nitrogen and oxygen atoms in total. The van der Waals surface area contributed by atoms with Crippen molar-refractivity contribution in [3.8, 4) is 0 Å². The van der Waals surface area contributed by atoms with Crippen LogP contribution < -0.4 is 0 Å². The number of hydrogen-bond donors (Lipinski definition) is 0. The van der Waals surface area contributed by atoms with Crippen LogP contribution in [0.1, 0.15) is 46.0 Å². The summed E-state index contributed by atoms with van der Waals surface area (Å²) in [6.07, 6.45) is 4.38. The van der Waals surface area contributed by atoms with E-state index in [0.717, 1.165) is 44.5 Å². The summed E-state index contributed by atoms with van der Waals surface area (Å²) in [6, 6.07) is 0. The molecule has 0 aliphatic rings. The van der Waals surface area contributed by atoms with E-state index in [-0.39, 0.29) is 5.97 Å². The van der Waals surface area contributed by atoms with Crippen LogP contribution in [-0.4, -0.2) is 25.8 Å². The van der Waals surface area contributed by atoms with Crippen molar-refractivity contribution in [2.24, 2.45) is 0 Å². The first-order chi connectivity index (χ1) is 7.66. The maximum Gasteiger partial charge on any atom is 0.305 e. The van der Waals surface area contributed by atoms with Crippen molar-refractivity contribution in [3.63, 3.8) is 0 Å². The molecule has 16 heavy (non-hydrogen) atoms. The van der Waals surface area contributed by atoms with E-state index in [1.165, 1.54) is 0 Å². The smallest absolute Gasteiger partial charge is 0.305 e. The highest BCUT2D eigenvalue weighted by atomic mass is 16.5. The summed E-state index contributed by atoms with van der Waals surface area (Å²) in [5, 5.41) is 0. The molecule has 0 saturated carbocycles. The Morgan fingerprint density at radius 2 is 1.88 bits per heavy atom. The molecule has 0 aromatic heterocycles. The fraction of sp³-hybridized carbons (Fsp3) is 0.769. The van der Waals surface area contributed by atoms with Gasteiger partial charge in [-0.1, -0.05) is 12.0 Å². The third-order valence-corrected chi connectivity index (χ3v) is 2.15. The van der Waals surface area contributed by atoms with Gasteiger partial charge in [-0.15, -0.1) is 6.58 Å². The highest BCUT2D eigenvalue weighted by Gasteiger charge is 2.00. The molecule has 0 heterocycles. The van der Waals surface area contributed by atoms with Crippen LogP contribution in [0.3, 0.4) is 0 Å². The Morgan fingerprint density at radius 3 is 2.50 bits per heavy atom. The fourth-order valence-electron chi connectivity index (χ4n) is 1.23. The average molecular weight is 228 g/mol. The number of esters is 1. The Labute approximate surface area is 98.8 Å². The van der Waals surface area contributed by atoms with Crippen molar-refractivity contribution < 1.29 is 14.3 Å². The predicted octanol–water partition coefficient (Wildman–Crippen LogP) is 3.09. The lowest BCUT2D eigenvalue weighted by Crippen LogP contribution is -2.03. The lowest BCUT2D eigenvalue weighted by atomic mass is 10.2. The van der Waals surface area contributed by atoms with Gasteiger partial charge in [0.2, 0.25) is 0 Å². The topological polar surface area (TPSA) is 35.5 Å². The van der Waals surface area contributed by atoms with Crippen LogP contribution in [0.5, 0.6) is 0 Å². The average Bonchev–Trinajstić information content (AvgIpc) is 2.22. The molecule has 0 atom stereocenters. The monoisotopic (exact) mass is 228 g/mol. The Bertz CT molecular complexity index is 199. The fourth-order valence-corrected chi connectivity index (χ4v) is 1.23. The molecule has 0 bridgehead atoms. The van der Waals surface area contributed by atoms with Crippen molar-refractivity contribution in [2.45, 2.75) is 46.0 Å². The first-order valence-corrected chi connectivity index (χ1v) is 6.04. The van der Waals surface area contributed by atoms with Gasteiger partial charge < -0.3 is 9.47 Å². The zero-order chi connectivity index (χ0) is 12.2. The molecule has 0 aliphatic carbocycles. The maximum absolute atomic E-state index is 11.0. The van der Waals surface area contributed by atoms with Gasteiger partial charge in [0.25, 0.3) is 0 Å². The molecule has 0 aromatic carbocycles. The highest BCUT2D eigenvalue weighted by molar-refractivity contribution is 5.69. The van der Waals surface area contributed by atoms with E-state index in [2.05, 4.69) is 6.58 Å². The minimum absolute atomic E-state index is 0.0919. The van der Waals surface area contributed by atoms with Crippen molar-refractivity contribution in [1.82, 2.24) is 0 Å². The van der Waals surface area contributed by atoms with Crippen molar-refractivity contribution in [2.75, 3.05) is 19.8 Å². The molecule has 0 rings (SSSR count). The van der Waals surface area contributed by atoms with Gasteiger partial charge in [0, 0.05) is 13.0 Å². The quantitative estimate of drug-likeness (QED) is 0.327. The zero-order valence-electron chi connectivity index (χ0n) is 10.6. The van der Waals surface area contributed by atoms with Gasteiger partial charge in [-0.05, 0) is 33.1 Å². The molecule has 0 amide bonds. The number of unbranched alkanes of at least 4 members (excludes halogenated alkanes) is 2.